The van der Waals surface area contributed by atoms with E-state index in [9.17, 15) is 0 Å². The average molecular weight is 223 g/mol. The molecule has 1 aliphatic carbocycles. The van der Waals surface area contributed by atoms with Crippen LogP contribution in [0.5, 0.6) is 0 Å². The van der Waals surface area contributed by atoms with Crippen molar-refractivity contribution in [2.24, 2.45) is 5.92 Å². The molecule has 0 spiro atoms. The fraction of sp³-hybridized carbons (Fsp3) is 0.833. The van der Waals surface area contributed by atoms with Crippen LogP contribution in [0, 0.1) is 12.8 Å². The number of aryl methyl sites for hydroxylation is 1. The SMILES string of the molecule is CCC1CCCCC1NCc1nonc1C. The predicted molar refractivity (Wildman–Crippen MR) is 61.9 cm³/mol. The standard InChI is InChI=1S/C12H21N3O/c1-3-10-6-4-5-7-11(10)13-8-12-9(2)14-16-15-12/h10-11,13H,3-8H2,1-2H3. The summed E-state index contributed by atoms with van der Waals surface area (Å²) in [5.41, 5.74) is 1.84. The number of hydrogen-bond donors (Lipinski definition) is 1. The summed E-state index contributed by atoms with van der Waals surface area (Å²) in [6.07, 6.45) is 6.67. The Morgan fingerprint density at radius 2 is 2.12 bits per heavy atom. The molecular formula is C12H21N3O. The Morgan fingerprint density at radius 1 is 1.31 bits per heavy atom. The van der Waals surface area contributed by atoms with Gasteiger partial charge in [0, 0.05) is 12.6 Å². The first-order valence-electron chi connectivity index (χ1n) is 6.32. The molecule has 1 aromatic heterocycles. The van der Waals surface area contributed by atoms with Gasteiger partial charge in [0.1, 0.15) is 11.4 Å². The van der Waals surface area contributed by atoms with E-state index in [1.807, 2.05) is 6.92 Å². The van der Waals surface area contributed by atoms with E-state index in [0.717, 1.165) is 23.9 Å². The molecule has 0 aromatic carbocycles. The van der Waals surface area contributed by atoms with E-state index >= 15 is 0 Å². The van der Waals surface area contributed by atoms with Crippen LogP contribution in [0.15, 0.2) is 4.63 Å². The predicted octanol–water partition coefficient (Wildman–Crippen LogP) is 2.44. The lowest BCUT2D eigenvalue weighted by atomic mass is 9.83. The lowest BCUT2D eigenvalue weighted by Crippen LogP contribution is -2.38. The van der Waals surface area contributed by atoms with Crippen LogP contribution in [-0.2, 0) is 6.54 Å². The van der Waals surface area contributed by atoms with Crippen molar-refractivity contribution >= 4 is 0 Å². The van der Waals surface area contributed by atoms with Gasteiger partial charge in [-0.05, 0) is 25.7 Å². The molecule has 2 unspecified atom stereocenters. The van der Waals surface area contributed by atoms with Gasteiger partial charge in [-0.25, -0.2) is 4.63 Å². The second-order valence-corrected chi connectivity index (χ2v) is 4.74. The van der Waals surface area contributed by atoms with Gasteiger partial charge in [0.25, 0.3) is 0 Å². The quantitative estimate of drug-likeness (QED) is 0.851. The minimum Gasteiger partial charge on any atom is -0.308 e. The van der Waals surface area contributed by atoms with Crippen LogP contribution >= 0.6 is 0 Å². The molecule has 1 N–H and O–H groups in total. The van der Waals surface area contributed by atoms with Crippen molar-refractivity contribution in [1.29, 1.82) is 0 Å². The molecule has 2 atom stereocenters. The van der Waals surface area contributed by atoms with Gasteiger partial charge in [0.2, 0.25) is 0 Å². The van der Waals surface area contributed by atoms with E-state index in [2.05, 4.69) is 22.6 Å². The van der Waals surface area contributed by atoms with Crippen molar-refractivity contribution in [3.63, 3.8) is 0 Å². The molecule has 0 bridgehead atoms. The summed E-state index contributed by atoms with van der Waals surface area (Å²) in [7, 11) is 0. The molecule has 0 aliphatic heterocycles. The summed E-state index contributed by atoms with van der Waals surface area (Å²) >= 11 is 0. The Hall–Kier alpha value is -0.900. The summed E-state index contributed by atoms with van der Waals surface area (Å²) < 4.78 is 4.70. The van der Waals surface area contributed by atoms with Gasteiger partial charge in [-0.3, -0.25) is 0 Å². The van der Waals surface area contributed by atoms with Crippen molar-refractivity contribution < 1.29 is 4.63 Å². The monoisotopic (exact) mass is 223 g/mol. The first-order valence-corrected chi connectivity index (χ1v) is 6.32. The maximum Gasteiger partial charge on any atom is 0.121 e. The van der Waals surface area contributed by atoms with Crippen LogP contribution in [0.1, 0.15) is 50.4 Å². The topological polar surface area (TPSA) is 51.0 Å². The molecule has 4 heteroatoms. The van der Waals surface area contributed by atoms with Crippen molar-refractivity contribution in [2.75, 3.05) is 0 Å². The largest absolute Gasteiger partial charge is 0.308 e. The van der Waals surface area contributed by atoms with E-state index in [4.69, 9.17) is 4.63 Å². The fourth-order valence-electron chi connectivity index (χ4n) is 2.60. The van der Waals surface area contributed by atoms with Gasteiger partial charge < -0.3 is 5.32 Å². The van der Waals surface area contributed by atoms with Crippen LogP contribution < -0.4 is 5.32 Å². The highest BCUT2D eigenvalue weighted by Crippen LogP contribution is 2.26. The van der Waals surface area contributed by atoms with Crippen LogP contribution in [0.25, 0.3) is 0 Å². The van der Waals surface area contributed by atoms with Crippen molar-refractivity contribution in [1.82, 2.24) is 15.6 Å². The third-order valence-electron chi connectivity index (χ3n) is 3.71. The van der Waals surface area contributed by atoms with Gasteiger partial charge in [0.05, 0.1) is 0 Å². The number of rotatable bonds is 4. The summed E-state index contributed by atoms with van der Waals surface area (Å²) in [6, 6.07) is 0.648. The van der Waals surface area contributed by atoms with Crippen LogP contribution in [0.2, 0.25) is 0 Å². The molecule has 4 nitrogen and oxygen atoms in total. The van der Waals surface area contributed by atoms with E-state index in [1.165, 1.54) is 32.1 Å². The summed E-state index contributed by atoms with van der Waals surface area (Å²) in [4.78, 5) is 0. The van der Waals surface area contributed by atoms with E-state index < -0.39 is 0 Å². The van der Waals surface area contributed by atoms with Gasteiger partial charge in [-0.1, -0.05) is 36.5 Å². The number of nitrogens with zero attached hydrogens (tertiary/aromatic N) is 2. The molecule has 0 radical (unpaired) electrons. The molecule has 16 heavy (non-hydrogen) atoms. The summed E-state index contributed by atoms with van der Waals surface area (Å²) in [5.74, 6) is 0.828. The lowest BCUT2D eigenvalue weighted by Gasteiger charge is -2.31. The molecule has 1 fully saturated rings. The number of nitrogens with one attached hydrogen (secondary N) is 1. The summed E-state index contributed by atoms with van der Waals surface area (Å²) in [6.45, 7) is 5.01. The maximum atomic E-state index is 4.70. The second-order valence-electron chi connectivity index (χ2n) is 4.74. The number of aromatic nitrogens is 2. The highest BCUT2D eigenvalue weighted by Gasteiger charge is 2.23. The molecule has 0 amide bonds. The summed E-state index contributed by atoms with van der Waals surface area (Å²) in [5, 5.41) is 11.3. The highest BCUT2D eigenvalue weighted by molar-refractivity contribution is 5.04. The van der Waals surface area contributed by atoms with Crippen LogP contribution in [-0.4, -0.2) is 16.4 Å². The highest BCUT2D eigenvalue weighted by atomic mass is 16.6. The normalized spacial score (nSPS) is 25.9. The van der Waals surface area contributed by atoms with Gasteiger partial charge in [0.15, 0.2) is 0 Å². The van der Waals surface area contributed by atoms with Gasteiger partial charge >= 0.3 is 0 Å². The molecule has 0 saturated heterocycles. The van der Waals surface area contributed by atoms with Crippen LogP contribution in [0.4, 0.5) is 0 Å². The third kappa shape index (κ3) is 2.61. The Morgan fingerprint density at radius 3 is 2.81 bits per heavy atom. The van der Waals surface area contributed by atoms with Crippen molar-refractivity contribution in [3.05, 3.63) is 11.4 Å². The first kappa shape index (κ1) is 11.6. The molecular weight excluding hydrogens is 202 g/mol. The van der Waals surface area contributed by atoms with E-state index in [1.54, 1.807) is 0 Å². The minimum absolute atomic E-state index is 0.648. The molecule has 1 aliphatic rings. The molecule has 1 heterocycles. The van der Waals surface area contributed by atoms with Crippen LogP contribution in [0.3, 0.4) is 0 Å². The smallest absolute Gasteiger partial charge is 0.121 e. The number of hydrogen-bond acceptors (Lipinski definition) is 4. The molecule has 1 aromatic rings. The zero-order valence-electron chi connectivity index (χ0n) is 10.2. The molecule has 1 saturated carbocycles. The second kappa shape index (κ2) is 5.43. The Balaban J connectivity index is 1.86. The van der Waals surface area contributed by atoms with Crippen molar-refractivity contribution in [3.8, 4) is 0 Å². The van der Waals surface area contributed by atoms with E-state index in [0.29, 0.717) is 6.04 Å². The van der Waals surface area contributed by atoms with Gasteiger partial charge in [-0.2, -0.15) is 0 Å². The Bertz CT molecular complexity index is 324. The average Bonchev–Trinajstić information content (AvgIpc) is 2.72. The first-order chi connectivity index (χ1) is 7.81. The maximum absolute atomic E-state index is 4.70. The molecule has 2 rings (SSSR count). The lowest BCUT2D eigenvalue weighted by molar-refractivity contribution is 0.251. The minimum atomic E-state index is 0.648. The third-order valence-corrected chi connectivity index (χ3v) is 3.71. The zero-order valence-corrected chi connectivity index (χ0v) is 10.2. The Labute approximate surface area is 96.8 Å². The molecule has 90 valence electrons. The van der Waals surface area contributed by atoms with Gasteiger partial charge in [-0.15, -0.1) is 0 Å². The zero-order chi connectivity index (χ0) is 11.4. The van der Waals surface area contributed by atoms with Crippen molar-refractivity contribution in [2.45, 2.75) is 58.5 Å². The Kier molecular flexibility index (Phi) is 3.93. The fourth-order valence-corrected chi connectivity index (χ4v) is 2.60. The van der Waals surface area contributed by atoms with E-state index in [-0.39, 0.29) is 0 Å².